The van der Waals surface area contributed by atoms with Crippen LogP contribution in [-0.4, -0.2) is 42.2 Å². The maximum atomic E-state index is 11.8. The minimum absolute atomic E-state index is 0.0199. The molecular formula is C10H16N4O2. The number of nitrogens with one attached hydrogen (secondary N) is 3. The van der Waals surface area contributed by atoms with Crippen LogP contribution in [0, 0.1) is 5.92 Å². The number of amides is 1. The molecule has 2 unspecified atom stereocenters. The number of imidazole rings is 1. The second kappa shape index (κ2) is 5.09. The summed E-state index contributed by atoms with van der Waals surface area (Å²) in [6.45, 7) is 1.56. The molecular weight excluding hydrogens is 208 g/mol. The van der Waals surface area contributed by atoms with Gasteiger partial charge in [-0.05, 0) is 7.05 Å². The number of aromatic nitrogens is 2. The monoisotopic (exact) mass is 224 g/mol. The summed E-state index contributed by atoms with van der Waals surface area (Å²) in [5, 5.41) is 5.94. The molecule has 16 heavy (non-hydrogen) atoms. The Morgan fingerprint density at radius 1 is 1.69 bits per heavy atom. The number of rotatable bonds is 4. The first-order chi connectivity index (χ1) is 7.81. The largest absolute Gasteiger partial charge is 0.379 e. The molecule has 1 saturated heterocycles. The van der Waals surface area contributed by atoms with E-state index in [1.54, 1.807) is 12.5 Å². The molecule has 6 heteroatoms. The Morgan fingerprint density at radius 3 is 3.25 bits per heavy atom. The highest BCUT2D eigenvalue weighted by Crippen LogP contribution is 2.13. The maximum absolute atomic E-state index is 11.8. The summed E-state index contributed by atoms with van der Waals surface area (Å²) >= 11 is 0. The lowest BCUT2D eigenvalue weighted by Gasteiger charge is -2.15. The highest BCUT2D eigenvalue weighted by molar-refractivity contribution is 5.79. The Hall–Kier alpha value is -1.40. The van der Waals surface area contributed by atoms with Crippen molar-refractivity contribution in [2.75, 3.05) is 20.3 Å². The van der Waals surface area contributed by atoms with E-state index in [9.17, 15) is 4.79 Å². The molecule has 88 valence electrons. The van der Waals surface area contributed by atoms with E-state index in [1.807, 2.05) is 7.05 Å². The van der Waals surface area contributed by atoms with E-state index in [0.29, 0.717) is 19.8 Å². The third-order valence-electron chi connectivity index (χ3n) is 2.80. The van der Waals surface area contributed by atoms with Crippen molar-refractivity contribution in [2.24, 2.45) is 5.92 Å². The summed E-state index contributed by atoms with van der Waals surface area (Å²) in [5.74, 6) is -0.0839. The number of carbonyl (C=O) groups excluding carboxylic acids is 1. The highest BCUT2D eigenvalue weighted by Gasteiger charge is 2.32. The van der Waals surface area contributed by atoms with E-state index in [1.165, 1.54) is 0 Å². The highest BCUT2D eigenvalue weighted by atomic mass is 16.5. The van der Waals surface area contributed by atoms with E-state index >= 15 is 0 Å². The zero-order valence-corrected chi connectivity index (χ0v) is 9.19. The van der Waals surface area contributed by atoms with Crippen LogP contribution < -0.4 is 10.6 Å². The zero-order valence-electron chi connectivity index (χ0n) is 9.19. The lowest BCUT2D eigenvalue weighted by Crippen LogP contribution is -2.42. The Labute approximate surface area is 93.8 Å². The number of hydrogen-bond acceptors (Lipinski definition) is 4. The van der Waals surface area contributed by atoms with Gasteiger partial charge >= 0.3 is 0 Å². The van der Waals surface area contributed by atoms with Crippen LogP contribution in [0.3, 0.4) is 0 Å². The Bertz CT molecular complexity index is 339. The SMILES string of the molecule is CNC1COCC1C(=O)NCc1cnc[nH]1. The number of nitrogens with zero attached hydrogens (tertiary/aromatic N) is 1. The topological polar surface area (TPSA) is 79.0 Å². The first-order valence-electron chi connectivity index (χ1n) is 5.31. The van der Waals surface area contributed by atoms with Gasteiger partial charge < -0.3 is 20.4 Å². The Balaban J connectivity index is 1.83. The average Bonchev–Trinajstić information content (AvgIpc) is 2.96. The van der Waals surface area contributed by atoms with Gasteiger partial charge in [0.25, 0.3) is 0 Å². The molecule has 1 aromatic rings. The standard InChI is InChI=1S/C10H16N4O2/c1-11-9-5-16-4-8(9)10(15)13-3-7-2-12-6-14-7/h2,6,8-9,11H,3-5H2,1H3,(H,12,14)(H,13,15). The van der Waals surface area contributed by atoms with Gasteiger partial charge in [-0.3, -0.25) is 4.79 Å². The molecule has 2 rings (SSSR count). The molecule has 0 saturated carbocycles. The third-order valence-corrected chi connectivity index (χ3v) is 2.80. The van der Waals surface area contributed by atoms with E-state index in [0.717, 1.165) is 5.69 Å². The van der Waals surface area contributed by atoms with Gasteiger partial charge in [0.05, 0.1) is 37.7 Å². The van der Waals surface area contributed by atoms with E-state index in [-0.39, 0.29) is 17.9 Å². The molecule has 2 heterocycles. The molecule has 0 radical (unpaired) electrons. The third kappa shape index (κ3) is 2.40. The number of ether oxygens (including phenoxy) is 1. The Kier molecular flexibility index (Phi) is 3.53. The molecule has 0 aliphatic carbocycles. The first kappa shape index (κ1) is 11.1. The van der Waals surface area contributed by atoms with E-state index < -0.39 is 0 Å². The van der Waals surface area contributed by atoms with Gasteiger partial charge in [0.2, 0.25) is 5.91 Å². The van der Waals surface area contributed by atoms with Crippen molar-refractivity contribution in [2.45, 2.75) is 12.6 Å². The molecule has 1 aliphatic rings. The fraction of sp³-hybridized carbons (Fsp3) is 0.600. The number of H-pyrrole nitrogens is 1. The minimum Gasteiger partial charge on any atom is -0.379 e. The van der Waals surface area contributed by atoms with Crippen molar-refractivity contribution in [3.8, 4) is 0 Å². The van der Waals surface area contributed by atoms with Crippen LogP contribution in [0.25, 0.3) is 0 Å². The van der Waals surface area contributed by atoms with Crippen molar-refractivity contribution in [3.63, 3.8) is 0 Å². The van der Waals surface area contributed by atoms with Crippen LogP contribution in [-0.2, 0) is 16.1 Å². The molecule has 1 aliphatic heterocycles. The van der Waals surface area contributed by atoms with Gasteiger partial charge in [0, 0.05) is 12.2 Å². The molecule has 2 atom stereocenters. The first-order valence-corrected chi connectivity index (χ1v) is 5.31. The van der Waals surface area contributed by atoms with E-state index in [2.05, 4.69) is 20.6 Å². The van der Waals surface area contributed by atoms with Crippen molar-refractivity contribution in [1.82, 2.24) is 20.6 Å². The normalized spacial score (nSPS) is 24.6. The van der Waals surface area contributed by atoms with Crippen LogP contribution in [0.2, 0.25) is 0 Å². The van der Waals surface area contributed by atoms with Gasteiger partial charge in [-0.25, -0.2) is 4.98 Å². The fourth-order valence-electron chi connectivity index (χ4n) is 1.79. The van der Waals surface area contributed by atoms with Crippen molar-refractivity contribution >= 4 is 5.91 Å². The number of hydrogen-bond donors (Lipinski definition) is 3. The predicted octanol–water partition coefficient (Wildman–Crippen LogP) is -0.740. The molecule has 1 fully saturated rings. The number of aromatic amines is 1. The van der Waals surface area contributed by atoms with Gasteiger partial charge in [0.15, 0.2) is 0 Å². The van der Waals surface area contributed by atoms with Crippen LogP contribution >= 0.6 is 0 Å². The second-order valence-corrected chi connectivity index (χ2v) is 3.83. The van der Waals surface area contributed by atoms with Gasteiger partial charge in [0.1, 0.15) is 0 Å². The van der Waals surface area contributed by atoms with Gasteiger partial charge in [-0.15, -0.1) is 0 Å². The quantitative estimate of drug-likeness (QED) is 0.629. The zero-order chi connectivity index (χ0) is 11.4. The number of likely N-dealkylation sites (N-methyl/N-ethyl adjacent to an activating group) is 1. The average molecular weight is 224 g/mol. The second-order valence-electron chi connectivity index (χ2n) is 3.83. The predicted molar refractivity (Wildman–Crippen MR) is 57.6 cm³/mol. The van der Waals surface area contributed by atoms with Crippen molar-refractivity contribution < 1.29 is 9.53 Å². The van der Waals surface area contributed by atoms with Crippen LogP contribution in [0.5, 0.6) is 0 Å². The van der Waals surface area contributed by atoms with Crippen LogP contribution in [0.15, 0.2) is 12.5 Å². The fourth-order valence-corrected chi connectivity index (χ4v) is 1.79. The van der Waals surface area contributed by atoms with Crippen LogP contribution in [0.4, 0.5) is 0 Å². The summed E-state index contributed by atoms with van der Waals surface area (Å²) in [6, 6.07) is 0.113. The molecule has 1 aromatic heterocycles. The smallest absolute Gasteiger partial charge is 0.227 e. The summed E-state index contributed by atoms with van der Waals surface area (Å²) in [5.41, 5.74) is 0.897. The summed E-state index contributed by atoms with van der Waals surface area (Å²) in [4.78, 5) is 18.7. The summed E-state index contributed by atoms with van der Waals surface area (Å²) in [6.07, 6.45) is 3.29. The van der Waals surface area contributed by atoms with Crippen molar-refractivity contribution in [1.29, 1.82) is 0 Å². The molecule has 0 aromatic carbocycles. The number of carbonyl (C=O) groups is 1. The molecule has 0 spiro atoms. The van der Waals surface area contributed by atoms with Crippen molar-refractivity contribution in [3.05, 3.63) is 18.2 Å². The molecule has 6 nitrogen and oxygen atoms in total. The van der Waals surface area contributed by atoms with E-state index in [4.69, 9.17) is 4.74 Å². The van der Waals surface area contributed by atoms with Gasteiger partial charge in [-0.2, -0.15) is 0 Å². The summed E-state index contributed by atoms with van der Waals surface area (Å²) < 4.78 is 5.28. The van der Waals surface area contributed by atoms with Gasteiger partial charge in [-0.1, -0.05) is 0 Å². The van der Waals surface area contributed by atoms with Crippen LogP contribution in [0.1, 0.15) is 5.69 Å². The molecule has 3 N–H and O–H groups in total. The Morgan fingerprint density at radius 2 is 2.56 bits per heavy atom. The maximum Gasteiger partial charge on any atom is 0.227 e. The lowest BCUT2D eigenvalue weighted by molar-refractivity contribution is -0.125. The summed E-state index contributed by atoms with van der Waals surface area (Å²) in [7, 11) is 1.84. The molecule has 1 amide bonds. The minimum atomic E-state index is -0.104. The lowest BCUT2D eigenvalue weighted by atomic mass is 10.0. The molecule has 0 bridgehead atoms.